The van der Waals surface area contributed by atoms with Crippen molar-refractivity contribution in [1.82, 2.24) is 0 Å². The average molecular weight is 249 g/mol. The van der Waals surface area contributed by atoms with Gasteiger partial charge in [-0.05, 0) is 49.4 Å². The van der Waals surface area contributed by atoms with Gasteiger partial charge in [0.2, 0.25) is 0 Å². The first kappa shape index (κ1) is 13.2. The minimum Gasteiger partial charge on any atom is -0.494 e. The van der Waals surface area contributed by atoms with Gasteiger partial charge in [0, 0.05) is 12.8 Å². The predicted octanol–water partition coefficient (Wildman–Crippen LogP) is 3.31. The normalized spacial score (nSPS) is 16.3. The SMILES string of the molecule is CCCOc1ccc(NC(COC)C2CC2)cc1. The number of hydrogen-bond acceptors (Lipinski definition) is 3. The summed E-state index contributed by atoms with van der Waals surface area (Å²) in [6, 6.07) is 8.65. The Morgan fingerprint density at radius 2 is 2.00 bits per heavy atom. The first-order valence-corrected chi connectivity index (χ1v) is 6.81. The molecule has 0 aliphatic heterocycles. The molecule has 1 N–H and O–H groups in total. The fraction of sp³-hybridized carbons (Fsp3) is 0.600. The lowest BCUT2D eigenvalue weighted by molar-refractivity contribution is 0.179. The third-order valence-electron chi connectivity index (χ3n) is 3.22. The van der Waals surface area contributed by atoms with Crippen LogP contribution in [0.2, 0.25) is 0 Å². The maximum absolute atomic E-state index is 5.57. The number of methoxy groups -OCH3 is 1. The first-order chi connectivity index (χ1) is 8.83. The van der Waals surface area contributed by atoms with Gasteiger partial charge in [0.05, 0.1) is 19.3 Å². The summed E-state index contributed by atoms with van der Waals surface area (Å²) in [5, 5.41) is 3.54. The largest absolute Gasteiger partial charge is 0.494 e. The van der Waals surface area contributed by atoms with Crippen molar-refractivity contribution in [3.05, 3.63) is 24.3 Å². The molecule has 0 aromatic heterocycles. The molecule has 0 amide bonds. The number of anilines is 1. The summed E-state index contributed by atoms with van der Waals surface area (Å²) < 4.78 is 10.8. The highest BCUT2D eigenvalue weighted by Gasteiger charge is 2.30. The minimum absolute atomic E-state index is 0.442. The van der Waals surface area contributed by atoms with Crippen molar-refractivity contribution in [3.63, 3.8) is 0 Å². The van der Waals surface area contributed by atoms with Gasteiger partial charge in [0.25, 0.3) is 0 Å². The molecule has 1 aromatic carbocycles. The van der Waals surface area contributed by atoms with Crippen LogP contribution in [0.1, 0.15) is 26.2 Å². The molecular weight excluding hydrogens is 226 g/mol. The van der Waals surface area contributed by atoms with Crippen LogP contribution in [0.3, 0.4) is 0 Å². The zero-order chi connectivity index (χ0) is 12.8. The molecule has 1 unspecified atom stereocenters. The Bertz CT molecular complexity index is 346. The van der Waals surface area contributed by atoms with Crippen molar-refractivity contribution in [1.29, 1.82) is 0 Å². The predicted molar refractivity (Wildman–Crippen MR) is 74.2 cm³/mol. The molecule has 0 bridgehead atoms. The van der Waals surface area contributed by atoms with E-state index < -0.39 is 0 Å². The molecule has 1 aromatic rings. The van der Waals surface area contributed by atoms with Crippen molar-refractivity contribution < 1.29 is 9.47 Å². The summed E-state index contributed by atoms with van der Waals surface area (Å²) in [6.45, 7) is 3.67. The average Bonchev–Trinajstić information content (AvgIpc) is 3.22. The lowest BCUT2D eigenvalue weighted by Gasteiger charge is -2.18. The lowest BCUT2D eigenvalue weighted by atomic mass is 10.2. The molecule has 18 heavy (non-hydrogen) atoms. The Kier molecular flexibility index (Phi) is 4.88. The Morgan fingerprint density at radius 1 is 1.28 bits per heavy atom. The molecule has 3 nitrogen and oxygen atoms in total. The van der Waals surface area contributed by atoms with Gasteiger partial charge >= 0.3 is 0 Å². The van der Waals surface area contributed by atoms with Gasteiger partial charge in [0.1, 0.15) is 5.75 Å². The van der Waals surface area contributed by atoms with Gasteiger partial charge in [-0.3, -0.25) is 0 Å². The lowest BCUT2D eigenvalue weighted by Crippen LogP contribution is -2.27. The summed E-state index contributed by atoms with van der Waals surface area (Å²) >= 11 is 0. The van der Waals surface area contributed by atoms with Crippen molar-refractivity contribution in [2.24, 2.45) is 5.92 Å². The van der Waals surface area contributed by atoms with E-state index >= 15 is 0 Å². The highest BCUT2D eigenvalue weighted by atomic mass is 16.5. The maximum atomic E-state index is 5.57. The zero-order valence-corrected chi connectivity index (χ0v) is 11.3. The standard InChI is InChI=1S/C15H23NO2/c1-3-10-18-14-8-6-13(7-9-14)16-15(11-17-2)12-4-5-12/h6-9,12,15-16H,3-5,10-11H2,1-2H3. The monoisotopic (exact) mass is 249 g/mol. The highest BCUT2D eigenvalue weighted by Crippen LogP contribution is 2.34. The first-order valence-electron chi connectivity index (χ1n) is 6.81. The van der Waals surface area contributed by atoms with E-state index in [1.54, 1.807) is 7.11 Å². The van der Waals surface area contributed by atoms with Crippen LogP contribution < -0.4 is 10.1 Å². The molecule has 0 radical (unpaired) electrons. The molecule has 1 aliphatic rings. The van der Waals surface area contributed by atoms with E-state index in [0.29, 0.717) is 6.04 Å². The molecule has 1 fully saturated rings. The molecule has 1 aliphatic carbocycles. The second kappa shape index (κ2) is 6.64. The third kappa shape index (κ3) is 3.91. The van der Waals surface area contributed by atoms with Crippen LogP contribution >= 0.6 is 0 Å². The molecule has 1 atom stereocenters. The Hall–Kier alpha value is -1.22. The summed E-state index contributed by atoms with van der Waals surface area (Å²) in [4.78, 5) is 0. The van der Waals surface area contributed by atoms with Gasteiger partial charge in [-0.2, -0.15) is 0 Å². The fourth-order valence-electron chi connectivity index (χ4n) is 2.06. The number of ether oxygens (including phenoxy) is 2. The molecule has 0 spiro atoms. The molecule has 2 rings (SSSR count). The Balaban J connectivity index is 1.87. The van der Waals surface area contributed by atoms with Crippen LogP contribution in [0.15, 0.2) is 24.3 Å². The van der Waals surface area contributed by atoms with Crippen LogP contribution in [-0.2, 0) is 4.74 Å². The molecule has 1 saturated carbocycles. The third-order valence-corrected chi connectivity index (χ3v) is 3.22. The van der Waals surface area contributed by atoms with E-state index in [-0.39, 0.29) is 0 Å². The molecule has 0 saturated heterocycles. The topological polar surface area (TPSA) is 30.5 Å². The Morgan fingerprint density at radius 3 is 2.56 bits per heavy atom. The number of hydrogen-bond donors (Lipinski definition) is 1. The van der Waals surface area contributed by atoms with E-state index in [1.165, 1.54) is 12.8 Å². The quantitative estimate of drug-likeness (QED) is 0.766. The molecular formula is C15H23NO2. The van der Waals surface area contributed by atoms with Gasteiger partial charge in [0.15, 0.2) is 0 Å². The Labute approximate surface area is 109 Å². The maximum Gasteiger partial charge on any atom is 0.119 e. The van der Waals surface area contributed by atoms with Crippen LogP contribution in [0.5, 0.6) is 5.75 Å². The van der Waals surface area contributed by atoms with E-state index in [0.717, 1.165) is 37.0 Å². The van der Waals surface area contributed by atoms with E-state index in [9.17, 15) is 0 Å². The van der Waals surface area contributed by atoms with Gasteiger partial charge < -0.3 is 14.8 Å². The highest BCUT2D eigenvalue weighted by molar-refractivity contribution is 5.47. The van der Waals surface area contributed by atoms with Crippen LogP contribution in [0.25, 0.3) is 0 Å². The van der Waals surface area contributed by atoms with Crippen molar-refractivity contribution in [2.45, 2.75) is 32.2 Å². The van der Waals surface area contributed by atoms with Gasteiger partial charge in [-0.25, -0.2) is 0 Å². The van der Waals surface area contributed by atoms with Crippen molar-refractivity contribution >= 4 is 5.69 Å². The molecule has 0 heterocycles. The summed E-state index contributed by atoms with van der Waals surface area (Å²) in [6.07, 6.45) is 3.68. The fourth-order valence-corrected chi connectivity index (χ4v) is 2.06. The van der Waals surface area contributed by atoms with Gasteiger partial charge in [-0.15, -0.1) is 0 Å². The van der Waals surface area contributed by atoms with E-state index in [4.69, 9.17) is 9.47 Å². The zero-order valence-electron chi connectivity index (χ0n) is 11.3. The number of benzene rings is 1. The van der Waals surface area contributed by atoms with Crippen LogP contribution in [-0.4, -0.2) is 26.4 Å². The van der Waals surface area contributed by atoms with Crippen LogP contribution in [0, 0.1) is 5.92 Å². The van der Waals surface area contributed by atoms with E-state index in [2.05, 4.69) is 24.4 Å². The summed E-state index contributed by atoms with van der Waals surface area (Å²) in [5.74, 6) is 1.72. The molecule has 3 heteroatoms. The second-order valence-electron chi connectivity index (χ2n) is 4.92. The van der Waals surface area contributed by atoms with Crippen molar-refractivity contribution in [3.8, 4) is 5.75 Å². The van der Waals surface area contributed by atoms with Crippen LogP contribution in [0.4, 0.5) is 5.69 Å². The smallest absolute Gasteiger partial charge is 0.119 e. The summed E-state index contributed by atoms with van der Waals surface area (Å²) in [5.41, 5.74) is 1.15. The van der Waals surface area contributed by atoms with Crippen molar-refractivity contribution in [2.75, 3.05) is 25.6 Å². The second-order valence-corrected chi connectivity index (χ2v) is 4.92. The van der Waals surface area contributed by atoms with E-state index in [1.807, 2.05) is 12.1 Å². The molecule has 100 valence electrons. The van der Waals surface area contributed by atoms with Gasteiger partial charge in [-0.1, -0.05) is 6.92 Å². The minimum atomic E-state index is 0.442. The number of nitrogens with one attached hydrogen (secondary N) is 1. The summed E-state index contributed by atoms with van der Waals surface area (Å²) in [7, 11) is 1.76. The number of rotatable bonds is 8.